The van der Waals surface area contributed by atoms with Crippen LogP contribution < -0.4 is 9.64 Å². The molecule has 2 unspecified atom stereocenters. The average Bonchev–Trinajstić information content (AvgIpc) is 3.54. The van der Waals surface area contributed by atoms with Gasteiger partial charge in [-0.15, -0.1) is 0 Å². The third kappa shape index (κ3) is 4.41. The molecule has 3 fully saturated rings. The number of halogens is 3. The first-order valence-corrected chi connectivity index (χ1v) is 16.0. The van der Waals surface area contributed by atoms with E-state index in [1.807, 2.05) is 0 Å². The van der Waals surface area contributed by atoms with E-state index >= 15 is 8.78 Å². The molecule has 0 aliphatic carbocycles. The maximum absolute atomic E-state index is 17.0. The van der Waals surface area contributed by atoms with E-state index in [0.29, 0.717) is 47.2 Å². The molecule has 3 saturated heterocycles. The number of phenols is 1. The van der Waals surface area contributed by atoms with E-state index in [2.05, 4.69) is 27.4 Å². The lowest BCUT2D eigenvalue weighted by Gasteiger charge is -2.38. The zero-order valence-electron chi connectivity index (χ0n) is 25.3. The number of hydrogen-bond acceptors (Lipinski definition) is 8. The van der Waals surface area contributed by atoms with Crippen molar-refractivity contribution in [2.45, 2.75) is 62.7 Å². The quantitative estimate of drug-likeness (QED) is 0.269. The normalized spacial score (nSPS) is 25.7. The number of hydrogen-bond donors (Lipinski definition) is 1. The van der Waals surface area contributed by atoms with Crippen molar-refractivity contribution in [3.8, 4) is 29.1 Å². The Morgan fingerprint density at radius 3 is 2.83 bits per heavy atom. The largest absolute Gasteiger partial charge is 0.508 e. The number of fused-ring (bicyclic) bond motifs is 4. The number of ether oxygens (including phenoxy) is 1. The first kappa shape index (κ1) is 29.0. The summed E-state index contributed by atoms with van der Waals surface area (Å²) in [5.41, 5.74) is 0.191. The van der Waals surface area contributed by atoms with E-state index in [4.69, 9.17) is 14.7 Å². The average molecular weight is 627 g/mol. The standard InChI is InChI=1S/C35H33F3N6O2/c1-2-23-25(37)8-7-19-12-22(45)14-24(28(19)23)31-30(38)32-29-26(40-31)13-20(16-39)27-6-3-4-11-44(27)33(29)42-34(41-32)46-18-35-9-5-10-43(35)17-21(36)15-35/h2,7-8,12,14,20-21,27,45H,1,3-6,9-11,13,15,17-18H2/t20?,21-,27?,35+/m1/s1. The maximum atomic E-state index is 17.0. The van der Waals surface area contributed by atoms with Crippen LogP contribution >= 0.6 is 0 Å². The van der Waals surface area contributed by atoms with Crippen LogP contribution in [0.4, 0.5) is 19.0 Å². The molecule has 4 aliphatic rings. The summed E-state index contributed by atoms with van der Waals surface area (Å²) in [4.78, 5) is 18.5. The fourth-order valence-electron chi connectivity index (χ4n) is 8.41. The van der Waals surface area contributed by atoms with Crippen LogP contribution in [0.15, 0.2) is 30.8 Å². The monoisotopic (exact) mass is 626 g/mol. The SMILES string of the molecule is C=Cc1c(F)ccc2cc(O)cc(-c3nc4c5c(nc(OC[C@@]67CCCN6C[C@H](F)C7)nc5c3F)N3CCCCC3C(C#N)C4)c12. The minimum absolute atomic E-state index is 0.0217. The molecule has 2 aromatic carbocycles. The highest BCUT2D eigenvalue weighted by Crippen LogP contribution is 2.45. The molecular weight excluding hydrogens is 593 g/mol. The van der Waals surface area contributed by atoms with Crippen LogP contribution in [-0.4, -0.2) is 69.0 Å². The fraction of sp³-hybridized carbons (Fsp3) is 0.429. The Morgan fingerprint density at radius 2 is 2.00 bits per heavy atom. The van der Waals surface area contributed by atoms with E-state index in [1.54, 1.807) is 0 Å². The van der Waals surface area contributed by atoms with Gasteiger partial charge in [-0.05, 0) is 62.2 Å². The molecule has 0 radical (unpaired) electrons. The van der Waals surface area contributed by atoms with Gasteiger partial charge >= 0.3 is 6.01 Å². The number of nitriles is 1. The summed E-state index contributed by atoms with van der Waals surface area (Å²) in [7, 11) is 0. The third-order valence-electron chi connectivity index (χ3n) is 10.5. The predicted molar refractivity (Wildman–Crippen MR) is 168 cm³/mol. The number of anilines is 1. The van der Waals surface area contributed by atoms with Gasteiger partial charge in [-0.3, -0.25) is 4.90 Å². The number of benzene rings is 2. The van der Waals surface area contributed by atoms with E-state index in [-0.39, 0.29) is 53.2 Å². The molecule has 0 amide bonds. The van der Waals surface area contributed by atoms with E-state index in [1.165, 1.54) is 30.3 Å². The van der Waals surface area contributed by atoms with Crippen molar-refractivity contribution in [1.29, 1.82) is 5.26 Å². The molecule has 0 bridgehead atoms. The van der Waals surface area contributed by atoms with Crippen LogP contribution in [0.1, 0.15) is 49.8 Å². The lowest BCUT2D eigenvalue weighted by Crippen LogP contribution is -2.44. The molecule has 6 heterocycles. The van der Waals surface area contributed by atoms with Gasteiger partial charge in [0.2, 0.25) is 0 Å². The second-order valence-electron chi connectivity index (χ2n) is 13.1. The van der Waals surface area contributed by atoms with Gasteiger partial charge in [-0.2, -0.15) is 15.2 Å². The first-order valence-electron chi connectivity index (χ1n) is 16.0. The minimum Gasteiger partial charge on any atom is -0.508 e. The smallest absolute Gasteiger partial charge is 0.319 e. The van der Waals surface area contributed by atoms with Crippen LogP contribution in [-0.2, 0) is 6.42 Å². The molecule has 4 aliphatic heterocycles. The number of alkyl halides is 1. The summed E-state index contributed by atoms with van der Waals surface area (Å²) in [6.45, 7) is 5.76. The summed E-state index contributed by atoms with van der Waals surface area (Å²) in [6, 6.07) is 7.92. The topological polar surface area (TPSA) is 98.4 Å². The Balaban J connectivity index is 1.36. The van der Waals surface area contributed by atoms with Crippen LogP contribution in [0, 0.1) is 28.9 Å². The second kappa shape index (κ2) is 10.8. The zero-order valence-corrected chi connectivity index (χ0v) is 25.3. The van der Waals surface area contributed by atoms with Crippen molar-refractivity contribution in [1.82, 2.24) is 19.9 Å². The predicted octanol–water partition coefficient (Wildman–Crippen LogP) is 6.48. The minimum atomic E-state index is -0.931. The summed E-state index contributed by atoms with van der Waals surface area (Å²) in [5, 5.41) is 22.2. The molecule has 236 valence electrons. The van der Waals surface area contributed by atoms with Crippen LogP contribution in [0.2, 0.25) is 0 Å². The van der Waals surface area contributed by atoms with Gasteiger partial charge < -0.3 is 14.7 Å². The lowest BCUT2D eigenvalue weighted by atomic mass is 9.89. The number of aromatic nitrogens is 3. The van der Waals surface area contributed by atoms with Crippen molar-refractivity contribution in [3.63, 3.8) is 0 Å². The zero-order chi connectivity index (χ0) is 31.7. The van der Waals surface area contributed by atoms with Crippen molar-refractivity contribution in [3.05, 3.63) is 53.7 Å². The van der Waals surface area contributed by atoms with Gasteiger partial charge in [0.1, 0.15) is 41.4 Å². The molecule has 46 heavy (non-hydrogen) atoms. The number of piperidine rings is 1. The van der Waals surface area contributed by atoms with Crippen molar-refractivity contribution >= 4 is 33.6 Å². The lowest BCUT2D eigenvalue weighted by molar-refractivity contribution is 0.107. The van der Waals surface area contributed by atoms with Gasteiger partial charge in [-0.25, -0.2) is 18.2 Å². The van der Waals surface area contributed by atoms with Gasteiger partial charge in [0.05, 0.1) is 28.6 Å². The summed E-state index contributed by atoms with van der Waals surface area (Å²) >= 11 is 0. The van der Waals surface area contributed by atoms with E-state index in [0.717, 1.165) is 38.6 Å². The number of phenolic OH excluding ortho intramolecular Hbond substituents is 1. The molecule has 1 N–H and O–H groups in total. The van der Waals surface area contributed by atoms with Crippen LogP contribution in [0.5, 0.6) is 11.8 Å². The Kier molecular flexibility index (Phi) is 6.83. The van der Waals surface area contributed by atoms with Gasteiger partial charge in [0.25, 0.3) is 0 Å². The van der Waals surface area contributed by atoms with Crippen molar-refractivity contribution < 1.29 is 23.0 Å². The molecule has 8 rings (SSSR count). The van der Waals surface area contributed by atoms with Crippen LogP contribution in [0.25, 0.3) is 39.0 Å². The highest BCUT2D eigenvalue weighted by Gasteiger charge is 2.49. The Bertz CT molecular complexity index is 1960. The molecule has 11 heteroatoms. The summed E-state index contributed by atoms with van der Waals surface area (Å²) in [5.74, 6) is -1.42. The highest BCUT2D eigenvalue weighted by atomic mass is 19.1. The van der Waals surface area contributed by atoms with Crippen LogP contribution in [0.3, 0.4) is 0 Å². The maximum Gasteiger partial charge on any atom is 0.319 e. The molecule has 8 nitrogen and oxygen atoms in total. The molecule has 0 spiro atoms. The van der Waals surface area contributed by atoms with E-state index in [9.17, 15) is 14.8 Å². The van der Waals surface area contributed by atoms with Gasteiger partial charge in [-0.1, -0.05) is 18.7 Å². The van der Waals surface area contributed by atoms with Crippen molar-refractivity contribution in [2.24, 2.45) is 5.92 Å². The Morgan fingerprint density at radius 1 is 1.13 bits per heavy atom. The summed E-state index contributed by atoms with van der Waals surface area (Å²) < 4.78 is 52.8. The molecule has 0 saturated carbocycles. The first-order chi connectivity index (χ1) is 22.3. The highest BCUT2D eigenvalue weighted by molar-refractivity contribution is 6.04. The number of pyridine rings is 1. The molecule has 4 atom stereocenters. The number of rotatable bonds is 5. The molecular formula is C35H33F3N6O2. The summed E-state index contributed by atoms with van der Waals surface area (Å²) in [6.07, 6.45) is 5.40. The van der Waals surface area contributed by atoms with Crippen molar-refractivity contribution in [2.75, 3.05) is 31.1 Å². The number of aromatic hydroxyl groups is 1. The third-order valence-corrected chi connectivity index (χ3v) is 10.5. The Hall–Kier alpha value is -4.43. The second-order valence-corrected chi connectivity index (χ2v) is 13.1. The fourth-order valence-corrected chi connectivity index (χ4v) is 8.41. The molecule has 2 aromatic heterocycles. The number of nitrogens with zero attached hydrogens (tertiary/aromatic N) is 6. The molecule has 4 aromatic rings. The Labute approximate surface area is 264 Å². The van der Waals surface area contributed by atoms with E-state index < -0.39 is 29.3 Å². The van der Waals surface area contributed by atoms with Gasteiger partial charge in [0, 0.05) is 48.5 Å². The van der Waals surface area contributed by atoms with Gasteiger partial charge in [0.15, 0.2) is 5.82 Å².